The van der Waals surface area contributed by atoms with Gasteiger partial charge in [0.15, 0.2) is 0 Å². The van der Waals surface area contributed by atoms with E-state index in [2.05, 4.69) is 4.74 Å². The van der Waals surface area contributed by atoms with Crippen molar-refractivity contribution in [3.8, 4) is 0 Å². The number of piperidine rings is 1. The van der Waals surface area contributed by atoms with Crippen molar-refractivity contribution in [3.05, 3.63) is 0 Å². The number of hydrogen-bond acceptors (Lipinski definition) is 5. The van der Waals surface area contributed by atoms with E-state index in [9.17, 15) is 14.4 Å². The normalized spacial score (nSPS) is 23.1. The van der Waals surface area contributed by atoms with Crippen LogP contribution in [-0.4, -0.2) is 53.8 Å². The van der Waals surface area contributed by atoms with Gasteiger partial charge in [0, 0.05) is 13.1 Å². The fourth-order valence-electron chi connectivity index (χ4n) is 2.13. The topological polar surface area (TPSA) is 93.1 Å². The number of amides is 1. The molecule has 1 N–H and O–H groups in total. The minimum atomic E-state index is -1.05. The lowest BCUT2D eigenvalue weighted by Gasteiger charge is -2.35. The highest BCUT2D eigenvalue weighted by Gasteiger charge is 2.41. The molecule has 1 saturated heterocycles. The number of rotatable bonds is 2. The minimum Gasteiger partial charge on any atom is -0.481 e. The van der Waals surface area contributed by atoms with Gasteiger partial charge in [0.2, 0.25) is 0 Å². The number of carbonyl (C=O) groups is 3. The maximum Gasteiger partial charge on any atom is 0.410 e. The van der Waals surface area contributed by atoms with Gasteiger partial charge in [-0.25, -0.2) is 4.79 Å². The summed E-state index contributed by atoms with van der Waals surface area (Å²) in [4.78, 5) is 36.1. The van der Waals surface area contributed by atoms with Crippen LogP contribution in [0, 0.1) is 11.8 Å². The molecule has 0 unspecified atom stereocenters. The van der Waals surface area contributed by atoms with E-state index in [1.807, 2.05) is 0 Å². The number of esters is 1. The summed E-state index contributed by atoms with van der Waals surface area (Å²) in [6.07, 6.45) is -0.343. The first-order valence-corrected chi connectivity index (χ1v) is 6.44. The smallest absolute Gasteiger partial charge is 0.410 e. The maximum absolute atomic E-state index is 12.0. The van der Waals surface area contributed by atoms with Gasteiger partial charge >= 0.3 is 18.0 Å². The molecule has 20 heavy (non-hydrogen) atoms. The second-order valence-corrected chi connectivity index (χ2v) is 5.79. The van der Waals surface area contributed by atoms with E-state index >= 15 is 0 Å². The van der Waals surface area contributed by atoms with E-state index in [-0.39, 0.29) is 19.5 Å². The Morgan fingerprint density at radius 2 is 1.80 bits per heavy atom. The molecule has 0 aromatic rings. The number of likely N-dealkylation sites (tertiary alicyclic amines) is 1. The van der Waals surface area contributed by atoms with Gasteiger partial charge in [-0.15, -0.1) is 0 Å². The lowest BCUT2D eigenvalue weighted by molar-refractivity contribution is -0.158. The SMILES string of the molecule is COC(=O)[C@@H]1CN(C(=O)OC(C)(C)C)CC[C@H]1C(=O)O. The Bertz CT molecular complexity index is 400. The Morgan fingerprint density at radius 3 is 2.25 bits per heavy atom. The van der Waals surface area contributed by atoms with Crippen molar-refractivity contribution >= 4 is 18.0 Å². The Hall–Kier alpha value is -1.79. The van der Waals surface area contributed by atoms with Gasteiger partial charge in [0.1, 0.15) is 5.60 Å². The number of nitrogens with zero attached hydrogens (tertiary/aromatic N) is 1. The molecular weight excluding hydrogens is 266 g/mol. The largest absolute Gasteiger partial charge is 0.481 e. The van der Waals surface area contributed by atoms with Crippen LogP contribution in [0.25, 0.3) is 0 Å². The van der Waals surface area contributed by atoms with Gasteiger partial charge in [0.05, 0.1) is 18.9 Å². The summed E-state index contributed by atoms with van der Waals surface area (Å²) in [6, 6.07) is 0. The lowest BCUT2D eigenvalue weighted by Crippen LogP contribution is -2.50. The summed E-state index contributed by atoms with van der Waals surface area (Å²) < 4.78 is 9.84. The molecule has 0 radical (unpaired) electrons. The molecule has 0 aliphatic carbocycles. The second kappa shape index (κ2) is 6.11. The predicted molar refractivity (Wildman–Crippen MR) is 69.1 cm³/mol. The molecule has 114 valence electrons. The quantitative estimate of drug-likeness (QED) is 0.765. The molecule has 0 aromatic heterocycles. The first-order chi connectivity index (χ1) is 9.15. The number of methoxy groups -OCH3 is 1. The molecule has 0 aromatic carbocycles. The van der Waals surface area contributed by atoms with Crippen LogP contribution in [0.15, 0.2) is 0 Å². The van der Waals surface area contributed by atoms with Crippen LogP contribution in [0.3, 0.4) is 0 Å². The van der Waals surface area contributed by atoms with Crippen molar-refractivity contribution in [2.24, 2.45) is 11.8 Å². The summed E-state index contributed by atoms with van der Waals surface area (Å²) >= 11 is 0. The van der Waals surface area contributed by atoms with Crippen molar-refractivity contribution in [3.63, 3.8) is 0 Å². The number of aliphatic carboxylic acids is 1. The molecule has 0 bridgehead atoms. The molecule has 1 fully saturated rings. The third-order valence-electron chi connectivity index (χ3n) is 3.09. The lowest BCUT2D eigenvalue weighted by atomic mass is 9.85. The Balaban J connectivity index is 2.78. The van der Waals surface area contributed by atoms with E-state index in [4.69, 9.17) is 9.84 Å². The van der Waals surface area contributed by atoms with Crippen molar-refractivity contribution in [1.29, 1.82) is 0 Å². The highest BCUT2D eigenvalue weighted by atomic mass is 16.6. The summed E-state index contributed by atoms with van der Waals surface area (Å²) in [5.41, 5.74) is -0.637. The van der Waals surface area contributed by atoms with Crippen LogP contribution in [-0.2, 0) is 19.1 Å². The standard InChI is InChI=1S/C13H21NO6/c1-13(2,3)20-12(18)14-6-5-8(10(15)16)9(7-14)11(17)19-4/h8-9H,5-7H2,1-4H3,(H,15,16)/t8-,9-/m1/s1. The molecule has 1 heterocycles. The van der Waals surface area contributed by atoms with Gasteiger partial charge in [-0.1, -0.05) is 0 Å². The summed E-state index contributed by atoms with van der Waals surface area (Å²) in [5, 5.41) is 9.12. The molecule has 1 amide bonds. The zero-order valence-corrected chi connectivity index (χ0v) is 12.2. The van der Waals surface area contributed by atoms with E-state index in [0.29, 0.717) is 0 Å². The number of carboxylic acid groups (broad SMARTS) is 1. The number of ether oxygens (including phenoxy) is 2. The van der Waals surface area contributed by atoms with Gasteiger partial charge in [0.25, 0.3) is 0 Å². The van der Waals surface area contributed by atoms with Crippen LogP contribution in [0.1, 0.15) is 27.2 Å². The summed E-state index contributed by atoms with van der Waals surface area (Å²) in [5.74, 6) is -3.37. The van der Waals surface area contributed by atoms with Crippen molar-refractivity contribution in [2.45, 2.75) is 32.8 Å². The maximum atomic E-state index is 12.0. The van der Waals surface area contributed by atoms with Gasteiger partial charge in [-0.2, -0.15) is 0 Å². The van der Waals surface area contributed by atoms with Gasteiger partial charge in [-0.05, 0) is 27.2 Å². The summed E-state index contributed by atoms with van der Waals surface area (Å²) in [7, 11) is 1.20. The van der Waals surface area contributed by atoms with E-state index < -0.39 is 35.5 Å². The third kappa shape index (κ3) is 4.11. The molecule has 7 heteroatoms. The summed E-state index contributed by atoms with van der Waals surface area (Å²) in [6.45, 7) is 5.48. The molecule has 0 spiro atoms. The highest BCUT2D eigenvalue weighted by Crippen LogP contribution is 2.26. The average Bonchev–Trinajstić information content (AvgIpc) is 2.34. The van der Waals surface area contributed by atoms with E-state index in [1.54, 1.807) is 20.8 Å². The monoisotopic (exact) mass is 287 g/mol. The Morgan fingerprint density at radius 1 is 1.20 bits per heavy atom. The third-order valence-corrected chi connectivity index (χ3v) is 3.09. The Labute approximate surface area is 117 Å². The Kier molecular flexibility index (Phi) is 4.97. The van der Waals surface area contributed by atoms with Gasteiger partial charge in [-0.3, -0.25) is 9.59 Å². The zero-order chi connectivity index (χ0) is 15.5. The van der Waals surface area contributed by atoms with E-state index in [1.165, 1.54) is 12.0 Å². The van der Waals surface area contributed by atoms with Crippen LogP contribution in [0.5, 0.6) is 0 Å². The molecule has 2 atom stereocenters. The van der Waals surface area contributed by atoms with Crippen LogP contribution < -0.4 is 0 Å². The number of carboxylic acids is 1. The first kappa shape index (κ1) is 16.3. The average molecular weight is 287 g/mol. The highest BCUT2D eigenvalue weighted by molar-refractivity contribution is 5.82. The van der Waals surface area contributed by atoms with Crippen LogP contribution in [0.2, 0.25) is 0 Å². The zero-order valence-electron chi connectivity index (χ0n) is 12.2. The molecule has 1 rings (SSSR count). The van der Waals surface area contributed by atoms with Gasteiger partial charge < -0.3 is 19.5 Å². The predicted octanol–water partition coefficient (Wildman–Crippen LogP) is 1.12. The van der Waals surface area contributed by atoms with Crippen LogP contribution >= 0.6 is 0 Å². The molecule has 7 nitrogen and oxygen atoms in total. The second-order valence-electron chi connectivity index (χ2n) is 5.79. The minimum absolute atomic E-state index is 0.00144. The van der Waals surface area contributed by atoms with Crippen molar-refractivity contribution in [2.75, 3.05) is 20.2 Å². The number of carbonyl (C=O) groups excluding carboxylic acids is 2. The fraction of sp³-hybridized carbons (Fsp3) is 0.769. The van der Waals surface area contributed by atoms with E-state index in [0.717, 1.165) is 0 Å². The van der Waals surface area contributed by atoms with Crippen molar-refractivity contribution < 1.29 is 29.0 Å². The molecular formula is C13H21NO6. The van der Waals surface area contributed by atoms with Crippen molar-refractivity contribution in [1.82, 2.24) is 4.90 Å². The van der Waals surface area contributed by atoms with Crippen LogP contribution in [0.4, 0.5) is 4.79 Å². The molecule has 1 aliphatic rings. The molecule has 1 aliphatic heterocycles. The molecule has 0 saturated carbocycles. The first-order valence-electron chi connectivity index (χ1n) is 6.44. The fourth-order valence-corrected chi connectivity index (χ4v) is 2.13. The number of hydrogen-bond donors (Lipinski definition) is 1.